The van der Waals surface area contributed by atoms with Gasteiger partial charge in [0.05, 0.1) is 18.3 Å². The van der Waals surface area contributed by atoms with E-state index in [-0.39, 0.29) is 12.0 Å². The third-order valence-electron chi connectivity index (χ3n) is 4.48. The molecular formula is C20H23NO3S. The van der Waals surface area contributed by atoms with Gasteiger partial charge in [-0.05, 0) is 49.5 Å². The van der Waals surface area contributed by atoms with E-state index in [1.54, 1.807) is 23.9 Å². The molecule has 0 spiro atoms. The molecule has 1 N–H and O–H groups in total. The van der Waals surface area contributed by atoms with Crippen LogP contribution in [0.25, 0.3) is 0 Å². The van der Waals surface area contributed by atoms with Gasteiger partial charge in [0.25, 0.3) is 0 Å². The highest BCUT2D eigenvalue weighted by Gasteiger charge is 2.30. The van der Waals surface area contributed by atoms with Crippen molar-refractivity contribution < 1.29 is 14.6 Å². The van der Waals surface area contributed by atoms with Crippen LogP contribution < -0.4 is 0 Å². The van der Waals surface area contributed by atoms with E-state index in [1.165, 1.54) is 10.5 Å². The number of carboxylic acid groups (broad SMARTS) is 1. The van der Waals surface area contributed by atoms with Crippen LogP contribution in [0.4, 0.5) is 0 Å². The average molecular weight is 357 g/mol. The molecule has 0 aliphatic carbocycles. The number of benzene rings is 2. The van der Waals surface area contributed by atoms with Gasteiger partial charge in [-0.3, -0.25) is 0 Å². The summed E-state index contributed by atoms with van der Waals surface area (Å²) in [6, 6.07) is 13.7. The maximum Gasteiger partial charge on any atom is 0.335 e. The fraction of sp³-hybridized carbons (Fsp3) is 0.350. The van der Waals surface area contributed by atoms with Gasteiger partial charge in [-0.15, -0.1) is 0 Å². The van der Waals surface area contributed by atoms with Gasteiger partial charge >= 0.3 is 5.97 Å². The Kier molecular flexibility index (Phi) is 5.47. The monoisotopic (exact) mass is 357 g/mol. The van der Waals surface area contributed by atoms with E-state index in [0.717, 1.165) is 17.0 Å². The molecule has 2 aromatic carbocycles. The van der Waals surface area contributed by atoms with E-state index in [9.17, 15) is 9.90 Å². The van der Waals surface area contributed by atoms with Crippen molar-refractivity contribution in [3.63, 3.8) is 0 Å². The molecule has 1 aliphatic heterocycles. The summed E-state index contributed by atoms with van der Waals surface area (Å²) in [5, 5.41) is 9.38. The molecule has 1 heterocycles. The Hall–Kier alpha value is -1.82. The molecule has 25 heavy (non-hydrogen) atoms. The number of hydrogen-bond donors (Lipinski definition) is 1. The molecule has 0 bridgehead atoms. The van der Waals surface area contributed by atoms with Crippen molar-refractivity contribution in [2.24, 2.45) is 0 Å². The molecule has 0 aromatic heterocycles. The predicted octanol–water partition coefficient (Wildman–Crippen LogP) is 4.27. The summed E-state index contributed by atoms with van der Waals surface area (Å²) in [6.45, 7) is 3.58. The Morgan fingerprint density at radius 1 is 1.16 bits per heavy atom. The molecule has 0 saturated heterocycles. The van der Waals surface area contributed by atoms with Crippen LogP contribution in [0.2, 0.25) is 0 Å². The van der Waals surface area contributed by atoms with Crippen molar-refractivity contribution in [3.8, 4) is 0 Å². The molecule has 2 aromatic rings. The number of ether oxygens (including phenoxy) is 1. The van der Waals surface area contributed by atoms with E-state index in [4.69, 9.17) is 4.74 Å². The summed E-state index contributed by atoms with van der Waals surface area (Å²) in [4.78, 5) is 15.8. The van der Waals surface area contributed by atoms with Crippen molar-refractivity contribution >= 4 is 17.7 Å². The van der Waals surface area contributed by atoms with Crippen LogP contribution >= 0.6 is 11.8 Å². The Morgan fingerprint density at radius 2 is 1.88 bits per heavy atom. The van der Waals surface area contributed by atoms with Crippen LogP contribution in [-0.4, -0.2) is 43.2 Å². The summed E-state index contributed by atoms with van der Waals surface area (Å²) < 4.78 is 6.26. The molecule has 4 nitrogen and oxygen atoms in total. The first-order valence-electron chi connectivity index (χ1n) is 8.37. The number of fused-ring (bicyclic) bond motifs is 2. The third-order valence-corrected chi connectivity index (χ3v) is 5.67. The minimum Gasteiger partial charge on any atom is -0.478 e. The molecule has 0 radical (unpaired) electrons. The lowest BCUT2D eigenvalue weighted by molar-refractivity contribution is 0.0269. The van der Waals surface area contributed by atoms with Gasteiger partial charge in [0.2, 0.25) is 0 Å². The van der Waals surface area contributed by atoms with Gasteiger partial charge in [0, 0.05) is 22.3 Å². The lowest BCUT2D eigenvalue weighted by Gasteiger charge is -2.26. The lowest BCUT2D eigenvalue weighted by Crippen LogP contribution is -2.21. The Balaban J connectivity index is 2.03. The first kappa shape index (κ1) is 18.0. The van der Waals surface area contributed by atoms with Crippen LogP contribution in [0.5, 0.6) is 0 Å². The van der Waals surface area contributed by atoms with Crippen molar-refractivity contribution in [1.29, 1.82) is 0 Å². The number of nitrogens with zero attached hydrogens (tertiary/aromatic N) is 1. The van der Waals surface area contributed by atoms with Crippen LogP contribution in [0.1, 0.15) is 40.4 Å². The lowest BCUT2D eigenvalue weighted by atomic mass is 9.90. The summed E-state index contributed by atoms with van der Waals surface area (Å²) >= 11 is 1.69. The highest BCUT2D eigenvalue weighted by atomic mass is 32.2. The predicted molar refractivity (Wildman–Crippen MR) is 99.6 cm³/mol. The van der Waals surface area contributed by atoms with Gasteiger partial charge in [-0.25, -0.2) is 4.79 Å². The van der Waals surface area contributed by atoms with E-state index in [1.807, 2.05) is 32.3 Å². The van der Waals surface area contributed by atoms with Gasteiger partial charge in [-0.1, -0.05) is 36.9 Å². The first-order valence-corrected chi connectivity index (χ1v) is 9.19. The molecule has 0 fully saturated rings. The minimum absolute atomic E-state index is 0.149. The van der Waals surface area contributed by atoms with Crippen molar-refractivity contribution in [2.45, 2.75) is 28.7 Å². The molecule has 5 heteroatoms. The van der Waals surface area contributed by atoms with E-state index >= 15 is 0 Å². The van der Waals surface area contributed by atoms with E-state index in [2.05, 4.69) is 24.0 Å². The van der Waals surface area contributed by atoms with Crippen molar-refractivity contribution in [1.82, 2.24) is 4.90 Å². The number of aromatic carboxylic acids is 1. The van der Waals surface area contributed by atoms with E-state index in [0.29, 0.717) is 12.2 Å². The van der Waals surface area contributed by atoms with Gasteiger partial charge in [0.1, 0.15) is 0 Å². The zero-order valence-corrected chi connectivity index (χ0v) is 15.5. The SMILES string of the molecule is CC1c2ccccc2Sc2ccc(C(=O)O)cc2[C@@H]1OCCN(C)C. The van der Waals surface area contributed by atoms with Crippen molar-refractivity contribution in [2.75, 3.05) is 27.2 Å². The summed E-state index contributed by atoms with van der Waals surface area (Å²) in [7, 11) is 4.03. The van der Waals surface area contributed by atoms with Gasteiger partial charge in [0.15, 0.2) is 0 Å². The summed E-state index contributed by atoms with van der Waals surface area (Å²) in [6.07, 6.45) is -0.162. The Labute approximate surface area is 152 Å². The highest BCUT2D eigenvalue weighted by Crippen LogP contribution is 2.47. The molecule has 1 aliphatic rings. The first-order chi connectivity index (χ1) is 12.0. The highest BCUT2D eigenvalue weighted by molar-refractivity contribution is 7.99. The van der Waals surface area contributed by atoms with E-state index < -0.39 is 5.97 Å². The van der Waals surface area contributed by atoms with Crippen LogP contribution in [0.15, 0.2) is 52.3 Å². The van der Waals surface area contributed by atoms with Crippen molar-refractivity contribution in [3.05, 3.63) is 59.2 Å². The standard InChI is InChI=1S/C20H23NO3S/c1-13-15-6-4-5-7-17(15)25-18-9-8-14(20(22)23)12-16(18)19(13)24-11-10-21(2)3/h4-9,12-13,19H,10-11H2,1-3H3,(H,22,23)/t13?,19-/m1/s1. The smallest absolute Gasteiger partial charge is 0.335 e. The second-order valence-corrected chi connectivity index (χ2v) is 7.66. The second-order valence-electron chi connectivity index (χ2n) is 6.58. The zero-order valence-electron chi connectivity index (χ0n) is 14.7. The quantitative estimate of drug-likeness (QED) is 0.866. The van der Waals surface area contributed by atoms with Gasteiger partial charge < -0.3 is 14.7 Å². The Morgan fingerprint density at radius 3 is 2.60 bits per heavy atom. The molecule has 0 amide bonds. The minimum atomic E-state index is -0.908. The number of hydrogen-bond acceptors (Lipinski definition) is 4. The fourth-order valence-electron chi connectivity index (χ4n) is 3.09. The average Bonchev–Trinajstić information content (AvgIpc) is 2.69. The van der Waals surface area contributed by atoms with Crippen LogP contribution in [0.3, 0.4) is 0 Å². The van der Waals surface area contributed by atoms with Crippen LogP contribution in [-0.2, 0) is 4.74 Å². The molecular weight excluding hydrogens is 334 g/mol. The number of likely N-dealkylation sites (N-methyl/N-ethyl adjacent to an activating group) is 1. The maximum absolute atomic E-state index is 11.4. The zero-order chi connectivity index (χ0) is 18.0. The molecule has 2 atom stereocenters. The second kappa shape index (κ2) is 7.60. The summed E-state index contributed by atoms with van der Waals surface area (Å²) in [5.74, 6) is -0.759. The normalized spacial score (nSPS) is 19.2. The molecule has 1 unspecified atom stereocenters. The molecule has 0 saturated carbocycles. The number of rotatable bonds is 5. The fourth-order valence-corrected chi connectivity index (χ4v) is 4.28. The Bertz CT molecular complexity index is 775. The summed E-state index contributed by atoms with van der Waals surface area (Å²) in [5.41, 5.74) is 2.52. The number of carboxylic acids is 1. The third kappa shape index (κ3) is 3.89. The van der Waals surface area contributed by atoms with Gasteiger partial charge in [-0.2, -0.15) is 0 Å². The number of carbonyl (C=O) groups is 1. The topological polar surface area (TPSA) is 49.8 Å². The largest absolute Gasteiger partial charge is 0.478 e. The molecule has 3 rings (SSSR count). The molecule has 132 valence electrons. The van der Waals surface area contributed by atoms with Crippen LogP contribution in [0, 0.1) is 0 Å². The maximum atomic E-state index is 11.4.